The highest BCUT2D eigenvalue weighted by atomic mass is 32.2. The van der Waals surface area contributed by atoms with E-state index >= 15 is 0 Å². The van der Waals surface area contributed by atoms with E-state index in [0.717, 1.165) is 168 Å². The van der Waals surface area contributed by atoms with Crippen LogP contribution in [0.25, 0.3) is 45.0 Å². The summed E-state index contributed by atoms with van der Waals surface area (Å²) in [5.41, 5.74) is 34.0. The molecule has 0 aliphatic heterocycles. The van der Waals surface area contributed by atoms with E-state index in [1.165, 1.54) is 66.0 Å². The maximum absolute atomic E-state index is 14.1. The van der Waals surface area contributed by atoms with Crippen molar-refractivity contribution in [3.05, 3.63) is 262 Å². The lowest BCUT2D eigenvalue weighted by Crippen LogP contribution is -2.12. The number of ether oxygens (including phenoxy) is 2. The number of amidine groups is 1. The number of unbranched alkanes of at least 4 members (excludes halogenated alkanes) is 5. The van der Waals surface area contributed by atoms with Crippen LogP contribution in [0.15, 0.2) is 226 Å². The highest BCUT2D eigenvalue weighted by Crippen LogP contribution is 2.40. The molecular formula is C95H107F5N12O8S3. The minimum atomic E-state index is -4.57. The molecule has 2 aromatic heterocycles. The number of nitrogens with zero attached hydrogens (tertiary/aromatic N) is 6. The number of sulfone groups is 1. The Morgan fingerprint density at radius 3 is 1.37 bits per heavy atom. The summed E-state index contributed by atoms with van der Waals surface area (Å²) in [7, 11) is -3.70. The Bertz CT molecular complexity index is 5220. The van der Waals surface area contributed by atoms with Crippen LogP contribution in [0.2, 0.25) is 0 Å². The first-order valence-electron chi connectivity index (χ1n) is 40.7. The normalized spacial score (nSPS) is 11.6. The van der Waals surface area contributed by atoms with Gasteiger partial charge in [-0.25, -0.2) is 26.6 Å². The largest absolute Gasteiger partial charge is 0.494 e. The van der Waals surface area contributed by atoms with E-state index in [9.17, 15) is 49.5 Å². The zero-order chi connectivity index (χ0) is 87.4. The van der Waals surface area contributed by atoms with Gasteiger partial charge in [0.1, 0.15) is 34.5 Å². The number of aromatic nitrogens is 6. The topological polar surface area (TPSA) is 334 Å². The summed E-state index contributed by atoms with van der Waals surface area (Å²) in [5.74, 6) is -0.775. The van der Waals surface area contributed by atoms with Crippen LogP contribution < -0.4 is 32.4 Å². The van der Waals surface area contributed by atoms with Crippen molar-refractivity contribution >= 4 is 68.0 Å². The maximum Gasteiger partial charge on any atom is 0.416 e. The van der Waals surface area contributed by atoms with Crippen molar-refractivity contribution in [1.29, 1.82) is 10.8 Å². The number of nitrogens with one attached hydrogen (secondary N) is 2. The minimum absolute atomic E-state index is 0. The number of rotatable bonds is 43. The zero-order valence-electron chi connectivity index (χ0n) is 68.7. The zero-order valence-corrected chi connectivity index (χ0v) is 71.1. The van der Waals surface area contributed by atoms with Crippen molar-refractivity contribution in [1.82, 2.24) is 30.0 Å². The number of thioether (sulfide) groups is 2. The van der Waals surface area contributed by atoms with Crippen LogP contribution in [0.1, 0.15) is 177 Å². The van der Waals surface area contributed by atoms with Crippen LogP contribution in [-0.4, -0.2) is 117 Å². The van der Waals surface area contributed by atoms with Crippen LogP contribution in [0.3, 0.4) is 0 Å². The number of halogens is 5. The molecule has 1 aliphatic rings. The second-order valence-corrected chi connectivity index (χ2v) is 34.2. The van der Waals surface area contributed by atoms with Crippen molar-refractivity contribution in [3.63, 3.8) is 0 Å². The van der Waals surface area contributed by atoms with Crippen molar-refractivity contribution < 1.29 is 59.0 Å². The van der Waals surface area contributed by atoms with Gasteiger partial charge in [0.15, 0.2) is 11.6 Å². The Morgan fingerprint density at radius 2 is 0.935 bits per heavy atom. The molecule has 28 heteroatoms. The quantitative estimate of drug-likeness (QED) is 0.00516. The molecule has 0 unspecified atom stereocenters. The summed E-state index contributed by atoms with van der Waals surface area (Å²) in [4.78, 5) is 52.6. The van der Waals surface area contributed by atoms with E-state index in [2.05, 4.69) is 27.5 Å². The van der Waals surface area contributed by atoms with E-state index < -0.39 is 33.3 Å². The van der Waals surface area contributed by atoms with Gasteiger partial charge in [-0.05, 0) is 194 Å². The molecule has 2 heterocycles. The van der Waals surface area contributed by atoms with Crippen molar-refractivity contribution in [3.8, 4) is 56.5 Å². The molecule has 0 spiro atoms. The first-order valence-corrected chi connectivity index (χ1v) is 44.2. The summed E-state index contributed by atoms with van der Waals surface area (Å²) in [6.07, 6.45) is 10.6. The number of fused-ring (bicyclic) bond motifs is 3. The van der Waals surface area contributed by atoms with Crippen LogP contribution >= 0.6 is 23.5 Å². The third-order valence-electron chi connectivity index (χ3n) is 20.1. The Balaban J connectivity index is 0.000000211. The van der Waals surface area contributed by atoms with E-state index in [1.54, 1.807) is 52.7 Å². The van der Waals surface area contributed by atoms with Crippen LogP contribution in [0.5, 0.6) is 11.5 Å². The summed E-state index contributed by atoms with van der Waals surface area (Å²) < 4.78 is 110. The Morgan fingerprint density at radius 1 is 0.496 bits per heavy atom. The fourth-order valence-electron chi connectivity index (χ4n) is 13.6. The summed E-state index contributed by atoms with van der Waals surface area (Å²) in [6, 6.07) is 55.2. The Labute approximate surface area is 724 Å². The first-order chi connectivity index (χ1) is 58.6. The second kappa shape index (κ2) is 46.4. The molecule has 1 aliphatic carbocycles. The van der Waals surface area contributed by atoms with Gasteiger partial charge >= 0.3 is 6.18 Å². The van der Waals surface area contributed by atoms with E-state index in [0.29, 0.717) is 91.1 Å². The Hall–Kier alpha value is -11.1. The van der Waals surface area contributed by atoms with Gasteiger partial charge in [0.05, 0.1) is 58.2 Å². The first kappa shape index (κ1) is 95.7. The van der Waals surface area contributed by atoms with Gasteiger partial charge in [0, 0.05) is 132 Å². The number of nitrogens with two attached hydrogens (primary N) is 4. The third kappa shape index (κ3) is 28.5. The molecule has 0 saturated heterocycles. The molecule has 123 heavy (non-hydrogen) atoms. The highest BCUT2D eigenvalue weighted by Gasteiger charge is 2.33. The average Bonchev–Trinajstić information content (AvgIpc) is 1.69. The van der Waals surface area contributed by atoms with Crippen molar-refractivity contribution in [2.45, 2.75) is 175 Å². The number of hydrogen-bond acceptors (Lipinski definition) is 19. The molecule has 0 atom stereocenters. The highest BCUT2D eigenvalue weighted by molar-refractivity contribution is 7.99. The predicted molar refractivity (Wildman–Crippen MR) is 478 cm³/mol. The molecule has 0 bridgehead atoms. The number of benzene rings is 9. The fraction of sp³-hybridized carbons (Fsp3) is 0.326. The fourth-order valence-corrected chi connectivity index (χ4v) is 16.5. The minimum Gasteiger partial charge on any atom is -0.494 e. The van der Waals surface area contributed by atoms with Crippen LogP contribution in [0, 0.1) is 10.8 Å². The maximum atomic E-state index is 14.1. The summed E-state index contributed by atoms with van der Waals surface area (Å²) in [6.45, 7) is 7.32. The molecule has 0 radical (unpaired) electrons. The van der Waals surface area contributed by atoms with Crippen molar-refractivity contribution in [2.24, 2.45) is 22.9 Å². The van der Waals surface area contributed by atoms with Crippen LogP contribution in [0.4, 0.5) is 22.0 Å². The second-order valence-electron chi connectivity index (χ2n) is 30.0. The van der Waals surface area contributed by atoms with Crippen LogP contribution in [-0.2, 0) is 63.6 Å². The Kier molecular flexibility index (Phi) is 36.1. The van der Waals surface area contributed by atoms with Gasteiger partial charge < -0.3 is 37.8 Å². The molecule has 9 aromatic carbocycles. The number of Topliss-reactive ketones (excluding diaryl/α,β-unsaturated/α-hetero) is 4. The lowest BCUT2D eigenvalue weighted by Gasteiger charge is -2.15. The standard InChI is InChI=1S/C36H33F5N2O2S2.C29H31N7O2.C29H39N3O4S.CH4/c1-35(37,38)25-4-8-33(46-12-10-42)29(19-25)31(44)16-21-2-6-27-23(14-21)18-24-15-22(3-7-28(24)27)17-32(45)30-20-26(36(39,40)41)5-9-34(30)47-13-11-43;1-2-3-15-37-26-12-5-10-24(18-26)35-20-28(31-33-35)22-8-4-9-23(17-22)29-21-36(34-32-29)25-11-6-13-27(19-25)38-16-7-14-30;1-22(30)8-4-2-5-9-25(33)20-23-12-16-27(17-13-23)37(35,36)28-18-14-24(15-19-28)21-26(34)10-6-3-7-11-29(31)32;/h2-9,14-15,19-20H,10-13,16-18,42-43H2,1H3;4-6,8-13,17-21H,2-3,7,14-16,30H2,1H3;12-19,30H,2-11,20-21H2,1H3,(H3,31,32);1H4. The monoisotopic (exact) mass is 1730 g/mol. The van der Waals surface area contributed by atoms with E-state index in [1.807, 2.05) is 116 Å². The lowest BCUT2D eigenvalue weighted by atomic mass is 9.96. The molecule has 12 rings (SSSR count). The molecule has 20 nitrogen and oxygen atoms in total. The summed E-state index contributed by atoms with van der Waals surface area (Å²) >= 11 is 2.61. The lowest BCUT2D eigenvalue weighted by molar-refractivity contribution is -0.137. The van der Waals surface area contributed by atoms with Gasteiger partial charge in [-0.2, -0.15) is 13.2 Å². The molecule has 0 amide bonds. The van der Waals surface area contributed by atoms with Gasteiger partial charge in [-0.1, -0.05) is 141 Å². The van der Waals surface area contributed by atoms with Gasteiger partial charge in [-0.15, -0.1) is 33.7 Å². The summed E-state index contributed by atoms with van der Waals surface area (Å²) in [5, 5.41) is 32.1. The average molecular weight is 1740 g/mol. The molecule has 10 N–H and O–H groups in total. The molecule has 0 fully saturated rings. The van der Waals surface area contributed by atoms with Crippen molar-refractivity contribution in [2.75, 3.05) is 44.4 Å². The van der Waals surface area contributed by atoms with E-state index in [4.69, 9.17) is 43.2 Å². The number of alkyl halides is 5. The van der Waals surface area contributed by atoms with Gasteiger partial charge in [0.2, 0.25) is 9.84 Å². The smallest absolute Gasteiger partial charge is 0.416 e. The number of carbonyl (C=O) groups is 4. The SMILES string of the molecule is C.CC(=N)CCCCCC(=O)Cc1ccc(S(=O)(=O)c2ccc(CC(=O)CCCCCC(=N)N)cc2)cc1.CC(F)(F)c1ccc(SCCN)c(C(=O)Cc2ccc3c(c2)Cc2cc(CC(=O)c4cc(C(F)(F)F)ccc4SCCN)ccc2-3)c1.CCCCOc1cccc(-n2cc(-c3cccc(-c4cn(-c5cccc(OCCCN)c5)nn4)c3)nn2)c1. The number of hydrogen-bond donors (Lipinski definition) is 6. The number of ketones is 4. The molecule has 648 valence electrons. The molecule has 0 saturated carbocycles. The van der Waals surface area contributed by atoms with E-state index in [-0.39, 0.29) is 82.8 Å². The van der Waals surface area contributed by atoms with Gasteiger partial charge in [-0.3, -0.25) is 24.6 Å². The predicted octanol–water partition coefficient (Wildman–Crippen LogP) is 19.7. The molecule has 11 aromatic rings. The molecular weight excluding hydrogens is 1630 g/mol. The van der Waals surface area contributed by atoms with Gasteiger partial charge in [0.25, 0.3) is 5.92 Å². The third-order valence-corrected chi connectivity index (χ3v) is 24.1. The number of carbonyl (C=O) groups excluding carboxylic acids is 4.